The minimum absolute atomic E-state index is 0.0109. The summed E-state index contributed by atoms with van der Waals surface area (Å²) in [5.74, 6) is -0.0904. The molecule has 0 radical (unpaired) electrons. The van der Waals surface area contributed by atoms with Crippen LogP contribution in [0.15, 0.2) is 36.7 Å². The number of hydrogen-bond donors (Lipinski definition) is 1. The topological polar surface area (TPSA) is 93.8 Å². The van der Waals surface area contributed by atoms with Crippen molar-refractivity contribution in [3.05, 3.63) is 42.2 Å². The van der Waals surface area contributed by atoms with Gasteiger partial charge in [0.2, 0.25) is 5.91 Å². The molecule has 28 heavy (non-hydrogen) atoms. The van der Waals surface area contributed by atoms with Crippen LogP contribution in [-0.2, 0) is 16.1 Å². The fourth-order valence-electron chi connectivity index (χ4n) is 3.00. The largest absolute Gasteiger partial charge is 0.462 e. The molecule has 0 aliphatic carbocycles. The van der Waals surface area contributed by atoms with E-state index in [1.165, 1.54) is 0 Å². The first-order valence-corrected chi connectivity index (χ1v) is 9.44. The molecule has 1 aromatic heterocycles. The summed E-state index contributed by atoms with van der Waals surface area (Å²) in [6.45, 7) is 5.34. The number of aromatic nitrogens is 2. The number of nitrogens with two attached hydrogens (primary N) is 1. The molecule has 2 aromatic rings. The standard InChI is InChI=1S/C20H27N5O3/c1-24(19(26)12-21)15-16-3-2-4-17(11-16)18-13-22-20(23-14-18)28-10-7-25-5-8-27-9-6-25/h2-4,11,13-14H,5-10,12,15,21H2,1H3. The fraction of sp³-hybridized carbons (Fsp3) is 0.450. The number of amides is 1. The summed E-state index contributed by atoms with van der Waals surface area (Å²) in [6, 6.07) is 8.33. The van der Waals surface area contributed by atoms with Gasteiger partial charge in [-0.3, -0.25) is 9.69 Å². The van der Waals surface area contributed by atoms with Gasteiger partial charge in [0, 0.05) is 51.2 Å². The van der Waals surface area contributed by atoms with Gasteiger partial charge in [-0.1, -0.05) is 18.2 Å². The first-order chi connectivity index (χ1) is 13.7. The van der Waals surface area contributed by atoms with Gasteiger partial charge in [0.25, 0.3) is 0 Å². The summed E-state index contributed by atoms with van der Waals surface area (Å²) in [6.07, 6.45) is 3.51. The Hall–Kier alpha value is -2.55. The van der Waals surface area contributed by atoms with Crippen LogP contribution < -0.4 is 10.5 Å². The number of hydrogen-bond acceptors (Lipinski definition) is 7. The molecule has 1 aromatic carbocycles. The van der Waals surface area contributed by atoms with Crippen molar-refractivity contribution in [1.82, 2.24) is 19.8 Å². The lowest BCUT2D eigenvalue weighted by atomic mass is 10.1. The molecule has 0 spiro atoms. The second kappa shape index (κ2) is 10.1. The van der Waals surface area contributed by atoms with Gasteiger partial charge in [0.1, 0.15) is 6.61 Å². The SMILES string of the molecule is CN(Cc1cccc(-c2cnc(OCCN3CCOCC3)nc2)c1)C(=O)CN. The molecule has 1 aliphatic heterocycles. The lowest BCUT2D eigenvalue weighted by Crippen LogP contribution is -2.38. The first-order valence-electron chi connectivity index (χ1n) is 9.44. The molecule has 1 aliphatic rings. The molecule has 0 bridgehead atoms. The summed E-state index contributed by atoms with van der Waals surface area (Å²) < 4.78 is 11.0. The Morgan fingerprint density at radius 3 is 2.71 bits per heavy atom. The van der Waals surface area contributed by atoms with E-state index in [0.29, 0.717) is 19.2 Å². The van der Waals surface area contributed by atoms with Gasteiger partial charge in [-0.05, 0) is 17.2 Å². The molecule has 2 heterocycles. The average Bonchev–Trinajstić information content (AvgIpc) is 2.74. The second-order valence-corrected chi connectivity index (χ2v) is 6.71. The molecular weight excluding hydrogens is 358 g/mol. The molecule has 2 N–H and O–H groups in total. The highest BCUT2D eigenvalue weighted by molar-refractivity contribution is 5.77. The normalized spacial score (nSPS) is 14.6. The lowest BCUT2D eigenvalue weighted by molar-refractivity contribution is -0.128. The van der Waals surface area contributed by atoms with Gasteiger partial charge < -0.3 is 20.1 Å². The molecule has 0 saturated carbocycles. The highest BCUT2D eigenvalue weighted by atomic mass is 16.5. The van der Waals surface area contributed by atoms with Crippen molar-refractivity contribution >= 4 is 5.91 Å². The summed E-state index contributed by atoms with van der Waals surface area (Å²) >= 11 is 0. The molecule has 8 heteroatoms. The number of carbonyl (C=O) groups excluding carboxylic acids is 1. The second-order valence-electron chi connectivity index (χ2n) is 6.71. The van der Waals surface area contributed by atoms with Crippen molar-refractivity contribution in [3.63, 3.8) is 0 Å². The maximum atomic E-state index is 11.7. The smallest absolute Gasteiger partial charge is 0.316 e. The zero-order valence-electron chi connectivity index (χ0n) is 16.2. The van der Waals surface area contributed by atoms with Crippen molar-refractivity contribution in [2.75, 3.05) is 53.0 Å². The molecule has 0 atom stereocenters. The van der Waals surface area contributed by atoms with Crippen LogP contribution in [0.3, 0.4) is 0 Å². The molecule has 1 amide bonds. The van der Waals surface area contributed by atoms with Crippen molar-refractivity contribution in [2.24, 2.45) is 5.73 Å². The minimum atomic E-state index is -0.0904. The average molecular weight is 385 g/mol. The zero-order chi connectivity index (χ0) is 19.8. The fourth-order valence-corrected chi connectivity index (χ4v) is 3.00. The quantitative estimate of drug-likeness (QED) is 0.717. The van der Waals surface area contributed by atoms with Gasteiger partial charge in [0.15, 0.2) is 0 Å². The zero-order valence-corrected chi connectivity index (χ0v) is 16.2. The van der Waals surface area contributed by atoms with Gasteiger partial charge >= 0.3 is 6.01 Å². The molecule has 3 rings (SSSR count). The van der Waals surface area contributed by atoms with Crippen LogP contribution in [0.25, 0.3) is 11.1 Å². The third-order valence-electron chi connectivity index (χ3n) is 4.65. The lowest BCUT2D eigenvalue weighted by Gasteiger charge is -2.26. The van der Waals surface area contributed by atoms with E-state index in [2.05, 4.69) is 14.9 Å². The summed E-state index contributed by atoms with van der Waals surface area (Å²) in [4.78, 5) is 24.2. The maximum absolute atomic E-state index is 11.7. The molecule has 1 saturated heterocycles. The number of benzene rings is 1. The third kappa shape index (κ3) is 5.72. The Morgan fingerprint density at radius 1 is 1.25 bits per heavy atom. The Balaban J connectivity index is 1.55. The number of rotatable bonds is 8. The number of carbonyl (C=O) groups is 1. The molecule has 1 fully saturated rings. The highest BCUT2D eigenvalue weighted by Crippen LogP contribution is 2.20. The van der Waals surface area contributed by atoms with Crippen molar-refractivity contribution < 1.29 is 14.3 Å². The van der Waals surface area contributed by atoms with E-state index in [-0.39, 0.29) is 12.5 Å². The van der Waals surface area contributed by atoms with Gasteiger partial charge in [-0.15, -0.1) is 0 Å². The Bertz CT molecular complexity index is 763. The Labute approximate surface area is 165 Å². The van der Waals surface area contributed by atoms with Crippen LogP contribution in [0.4, 0.5) is 0 Å². The van der Waals surface area contributed by atoms with Gasteiger partial charge in [-0.2, -0.15) is 0 Å². The third-order valence-corrected chi connectivity index (χ3v) is 4.65. The van der Waals surface area contributed by atoms with E-state index in [9.17, 15) is 4.79 Å². The first kappa shape index (κ1) is 20.2. The monoisotopic (exact) mass is 385 g/mol. The van der Waals surface area contributed by atoms with E-state index in [4.69, 9.17) is 15.2 Å². The van der Waals surface area contributed by atoms with Crippen LogP contribution in [0.2, 0.25) is 0 Å². The van der Waals surface area contributed by atoms with Crippen LogP contribution >= 0.6 is 0 Å². The Kier molecular flexibility index (Phi) is 7.30. The predicted molar refractivity (Wildman–Crippen MR) is 106 cm³/mol. The summed E-state index contributed by atoms with van der Waals surface area (Å²) in [7, 11) is 1.74. The van der Waals surface area contributed by atoms with Crippen molar-refractivity contribution in [1.29, 1.82) is 0 Å². The summed E-state index contributed by atoms with van der Waals surface area (Å²) in [5.41, 5.74) is 8.32. The van der Waals surface area contributed by atoms with Gasteiger partial charge in [-0.25, -0.2) is 9.97 Å². The number of ether oxygens (including phenoxy) is 2. The van der Waals surface area contributed by atoms with Crippen molar-refractivity contribution in [2.45, 2.75) is 6.54 Å². The van der Waals surface area contributed by atoms with E-state index < -0.39 is 0 Å². The van der Waals surface area contributed by atoms with E-state index in [1.54, 1.807) is 24.3 Å². The number of likely N-dealkylation sites (N-methyl/N-ethyl adjacent to an activating group) is 1. The molecular formula is C20H27N5O3. The van der Waals surface area contributed by atoms with E-state index in [0.717, 1.165) is 49.5 Å². The van der Waals surface area contributed by atoms with E-state index >= 15 is 0 Å². The predicted octanol–water partition coefficient (Wildman–Crippen LogP) is 0.772. The maximum Gasteiger partial charge on any atom is 0.316 e. The highest BCUT2D eigenvalue weighted by Gasteiger charge is 2.11. The minimum Gasteiger partial charge on any atom is -0.462 e. The number of nitrogens with zero attached hydrogens (tertiary/aromatic N) is 4. The van der Waals surface area contributed by atoms with Crippen LogP contribution in [0, 0.1) is 0 Å². The van der Waals surface area contributed by atoms with E-state index in [1.807, 2.05) is 24.3 Å². The number of morpholine rings is 1. The van der Waals surface area contributed by atoms with Crippen LogP contribution in [0.5, 0.6) is 6.01 Å². The van der Waals surface area contributed by atoms with Crippen LogP contribution in [0.1, 0.15) is 5.56 Å². The molecule has 8 nitrogen and oxygen atoms in total. The van der Waals surface area contributed by atoms with Crippen LogP contribution in [-0.4, -0.2) is 78.7 Å². The van der Waals surface area contributed by atoms with Gasteiger partial charge in [0.05, 0.1) is 19.8 Å². The van der Waals surface area contributed by atoms with Crippen molar-refractivity contribution in [3.8, 4) is 17.1 Å². The molecule has 0 unspecified atom stereocenters. The Morgan fingerprint density at radius 2 is 2.00 bits per heavy atom. The molecule has 150 valence electrons. The summed E-state index contributed by atoms with van der Waals surface area (Å²) in [5, 5.41) is 0.